The second-order valence-electron chi connectivity index (χ2n) is 3.77. The minimum absolute atomic E-state index is 0.190. The summed E-state index contributed by atoms with van der Waals surface area (Å²) in [6, 6.07) is 1.26. The minimum Gasteiger partial charge on any atom is -0.313 e. The first-order chi connectivity index (χ1) is 7.60. The zero-order valence-electron chi connectivity index (χ0n) is 9.49. The molecule has 0 saturated heterocycles. The van der Waals surface area contributed by atoms with Gasteiger partial charge in [0.1, 0.15) is 5.82 Å². The SMILES string of the molecule is CCCCC(NC)c1cc(F)c(F)cc1F. The molecule has 0 aromatic heterocycles. The maximum atomic E-state index is 13.4. The number of benzene rings is 1. The molecule has 1 nitrogen and oxygen atoms in total. The molecule has 0 saturated carbocycles. The highest BCUT2D eigenvalue weighted by Gasteiger charge is 2.16. The highest BCUT2D eigenvalue weighted by molar-refractivity contribution is 5.23. The summed E-state index contributed by atoms with van der Waals surface area (Å²) < 4.78 is 39.2. The van der Waals surface area contributed by atoms with E-state index < -0.39 is 17.5 Å². The summed E-state index contributed by atoms with van der Waals surface area (Å²) in [6.07, 6.45) is 2.59. The molecule has 4 heteroatoms. The van der Waals surface area contributed by atoms with E-state index in [0.29, 0.717) is 12.5 Å². The molecule has 0 heterocycles. The van der Waals surface area contributed by atoms with Crippen molar-refractivity contribution < 1.29 is 13.2 Å². The molecule has 90 valence electrons. The molecule has 16 heavy (non-hydrogen) atoms. The van der Waals surface area contributed by atoms with E-state index in [1.54, 1.807) is 7.05 Å². The lowest BCUT2D eigenvalue weighted by molar-refractivity contribution is 0.460. The van der Waals surface area contributed by atoms with Gasteiger partial charge in [0.15, 0.2) is 11.6 Å². The molecule has 0 aliphatic carbocycles. The summed E-state index contributed by atoms with van der Waals surface area (Å²) in [5.74, 6) is -2.85. The number of halogens is 3. The molecular formula is C12H16F3N. The fourth-order valence-corrected chi connectivity index (χ4v) is 1.67. The van der Waals surface area contributed by atoms with Gasteiger partial charge in [0.05, 0.1) is 0 Å². The van der Waals surface area contributed by atoms with E-state index in [0.717, 1.165) is 18.9 Å². The van der Waals surface area contributed by atoms with E-state index in [1.807, 2.05) is 6.92 Å². The van der Waals surface area contributed by atoms with Crippen molar-refractivity contribution in [1.29, 1.82) is 0 Å². The Morgan fingerprint density at radius 2 is 1.75 bits per heavy atom. The zero-order chi connectivity index (χ0) is 12.1. The van der Waals surface area contributed by atoms with Crippen molar-refractivity contribution in [3.63, 3.8) is 0 Å². The van der Waals surface area contributed by atoms with Gasteiger partial charge in [-0.05, 0) is 19.5 Å². The zero-order valence-corrected chi connectivity index (χ0v) is 9.49. The average molecular weight is 231 g/mol. The maximum Gasteiger partial charge on any atom is 0.161 e. The van der Waals surface area contributed by atoms with Crippen molar-refractivity contribution in [2.45, 2.75) is 32.2 Å². The van der Waals surface area contributed by atoms with Crippen LogP contribution in [0.4, 0.5) is 13.2 Å². The van der Waals surface area contributed by atoms with Crippen molar-refractivity contribution >= 4 is 0 Å². The van der Waals surface area contributed by atoms with Gasteiger partial charge in [-0.3, -0.25) is 0 Å². The lowest BCUT2D eigenvalue weighted by Gasteiger charge is -2.17. The van der Waals surface area contributed by atoms with E-state index in [1.165, 1.54) is 0 Å². The summed E-state index contributed by atoms with van der Waals surface area (Å²) in [4.78, 5) is 0. The molecule has 0 radical (unpaired) electrons. The molecule has 0 spiro atoms. The predicted octanol–water partition coefficient (Wildman–Crippen LogP) is 3.55. The molecule has 0 aliphatic heterocycles. The fraction of sp³-hybridized carbons (Fsp3) is 0.500. The number of rotatable bonds is 5. The first-order valence-corrected chi connectivity index (χ1v) is 5.41. The highest BCUT2D eigenvalue weighted by atomic mass is 19.2. The normalized spacial score (nSPS) is 12.8. The van der Waals surface area contributed by atoms with Gasteiger partial charge in [0.2, 0.25) is 0 Å². The van der Waals surface area contributed by atoms with Crippen LogP contribution in [0.15, 0.2) is 12.1 Å². The number of nitrogens with one attached hydrogen (secondary N) is 1. The molecule has 0 bridgehead atoms. The van der Waals surface area contributed by atoms with Crippen LogP contribution in [0, 0.1) is 17.5 Å². The molecule has 0 aliphatic rings. The van der Waals surface area contributed by atoms with E-state index in [-0.39, 0.29) is 11.6 Å². The van der Waals surface area contributed by atoms with Crippen LogP contribution in [0.2, 0.25) is 0 Å². The fourth-order valence-electron chi connectivity index (χ4n) is 1.67. The van der Waals surface area contributed by atoms with Gasteiger partial charge in [0, 0.05) is 17.7 Å². The monoisotopic (exact) mass is 231 g/mol. The lowest BCUT2D eigenvalue weighted by atomic mass is 10.0. The van der Waals surface area contributed by atoms with Gasteiger partial charge in [-0.15, -0.1) is 0 Å². The minimum atomic E-state index is -1.15. The smallest absolute Gasteiger partial charge is 0.161 e. The van der Waals surface area contributed by atoms with Crippen LogP contribution in [0.25, 0.3) is 0 Å². The number of unbranched alkanes of at least 4 members (excludes halogenated alkanes) is 1. The summed E-state index contributed by atoms with van der Waals surface area (Å²) in [7, 11) is 1.68. The van der Waals surface area contributed by atoms with Crippen LogP contribution in [0.1, 0.15) is 37.8 Å². The maximum absolute atomic E-state index is 13.4. The molecule has 1 N–H and O–H groups in total. The molecule has 1 rings (SSSR count). The Bertz CT molecular complexity index is 352. The van der Waals surface area contributed by atoms with Crippen molar-refractivity contribution in [3.05, 3.63) is 35.1 Å². The summed E-state index contributed by atoms with van der Waals surface area (Å²) in [5, 5.41) is 2.91. The Labute approximate surface area is 93.7 Å². The van der Waals surface area contributed by atoms with Crippen LogP contribution >= 0.6 is 0 Å². The largest absolute Gasteiger partial charge is 0.313 e. The van der Waals surface area contributed by atoms with Crippen LogP contribution in [-0.4, -0.2) is 7.05 Å². The van der Waals surface area contributed by atoms with E-state index in [9.17, 15) is 13.2 Å². The van der Waals surface area contributed by atoms with Crippen molar-refractivity contribution in [2.24, 2.45) is 0 Å². The van der Waals surface area contributed by atoms with Gasteiger partial charge in [-0.25, -0.2) is 13.2 Å². The van der Waals surface area contributed by atoms with Crippen molar-refractivity contribution in [2.75, 3.05) is 7.05 Å². The van der Waals surface area contributed by atoms with Gasteiger partial charge >= 0.3 is 0 Å². The Morgan fingerprint density at radius 3 is 2.31 bits per heavy atom. The highest BCUT2D eigenvalue weighted by Crippen LogP contribution is 2.24. The van der Waals surface area contributed by atoms with E-state index in [4.69, 9.17) is 0 Å². The number of hydrogen-bond donors (Lipinski definition) is 1. The Balaban J connectivity index is 2.95. The van der Waals surface area contributed by atoms with Crippen molar-refractivity contribution in [3.8, 4) is 0 Å². The Morgan fingerprint density at radius 1 is 1.12 bits per heavy atom. The Kier molecular flexibility index (Phi) is 4.80. The Hall–Kier alpha value is -1.03. The molecule has 1 unspecified atom stereocenters. The average Bonchev–Trinajstić information content (AvgIpc) is 2.26. The van der Waals surface area contributed by atoms with Crippen LogP contribution in [-0.2, 0) is 0 Å². The number of hydrogen-bond acceptors (Lipinski definition) is 1. The third kappa shape index (κ3) is 2.98. The molecule has 1 atom stereocenters. The summed E-state index contributed by atoms with van der Waals surface area (Å²) in [5.41, 5.74) is 0.190. The molecule has 1 aromatic carbocycles. The third-order valence-corrected chi connectivity index (χ3v) is 2.61. The molecular weight excluding hydrogens is 215 g/mol. The lowest BCUT2D eigenvalue weighted by Crippen LogP contribution is -2.18. The van der Waals surface area contributed by atoms with Crippen LogP contribution < -0.4 is 5.32 Å². The first-order valence-electron chi connectivity index (χ1n) is 5.41. The predicted molar refractivity (Wildman–Crippen MR) is 57.6 cm³/mol. The first kappa shape index (κ1) is 13.0. The third-order valence-electron chi connectivity index (χ3n) is 2.61. The second kappa shape index (κ2) is 5.89. The topological polar surface area (TPSA) is 12.0 Å². The summed E-state index contributed by atoms with van der Waals surface area (Å²) in [6.45, 7) is 2.02. The second-order valence-corrected chi connectivity index (χ2v) is 3.77. The standard InChI is InChI=1S/C12H16F3N/c1-3-4-5-12(16-2)8-6-10(14)11(15)7-9(8)13/h6-7,12,16H,3-5H2,1-2H3. The van der Waals surface area contributed by atoms with Gasteiger partial charge < -0.3 is 5.32 Å². The van der Waals surface area contributed by atoms with Crippen molar-refractivity contribution in [1.82, 2.24) is 5.32 Å². The molecule has 1 aromatic rings. The molecule has 0 amide bonds. The van der Waals surface area contributed by atoms with Crippen LogP contribution in [0.3, 0.4) is 0 Å². The van der Waals surface area contributed by atoms with Gasteiger partial charge in [0.25, 0.3) is 0 Å². The van der Waals surface area contributed by atoms with Crippen LogP contribution in [0.5, 0.6) is 0 Å². The molecule has 0 fully saturated rings. The van der Waals surface area contributed by atoms with E-state index in [2.05, 4.69) is 5.32 Å². The summed E-state index contributed by atoms with van der Waals surface area (Å²) >= 11 is 0. The van der Waals surface area contributed by atoms with E-state index >= 15 is 0 Å². The quantitative estimate of drug-likeness (QED) is 0.764. The van der Waals surface area contributed by atoms with Gasteiger partial charge in [-0.2, -0.15) is 0 Å². The van der Waals surface area contributed by atoms with Gasteiger partial charge in [-0.1, -0.05) is 19.8 Å².